The molecule has 80 valence electrons. The lowest BCUT2D eigenvalue weighted by molar-refractivity contribution is -0.112. The molecule has 0 radical (unpaired) electrons. The van der Waals surface area contributed by atoms with Gasteiger partial charge in [0, 0.05) is 11.6 Å². The van der Waals surface area contributed by atoms with Crippen molar-refractivity contribution in [3.8, 4) is 11.5 Å². The quantitative estimate of drug-likeness (QED) is 0.744. The van der Waals surface area contributed by atoms with Crippen molar-refractivity contribution < 1.29 is 14.6 Å². The standard InChI is InChI=1S/C11H13NO3/c1-7(2)11(14)12-9-6-8(13)4-5-10(9)15-3/h4-6,13H,1H2,2-3H3,(H,12,14). The highest BCUT2D eigenvalue weighted by molar-refractivity contribution is 6.03. The summed E-state index contributed by atoms with van der Waals surface area (Å²) in [5, 5.41) is 11.8. The third-order valence-electron chi connectivity index (χ3n) is 1.82. The molecular weight excluding hydrogens is 194 g/mol. The first-order chi connectivity index (χ1) is 7.04. The van der Waals surface area contributed by atoms with Crippen LogP contribution in [0.4, 0.5) is 5.69 Å². The summed E-state index contributed by atoms with van der Waals surface area (Å²) in [5.74, 6) is 0.245. The maximum Gasteiger partial charge on any atom is 0.250 e. The first-order valence-corrected chi connectivity index (χ1v) is 4.38. The Kier molecular flexibility index (Phi) is 3.33. The molecule has 0 fully saturated rings. The van der Waals surface area contributed by atoms with Crippen LogP contribution in [0.2, 0.25) is 0 Å². The van der Waals surface area contributed by atoms with Gasteiger partial charge in [-0.2, -0.15) is 0 Å². The van der Waals surface area contributed by atoms with Crippen LogP contribution >= 0.6 is 0 Å². The topological polar surface area (TPSA) is 58.6 Å². The number of hydrogen-bond donors (Lipinski definition) is 2. The molecule has 0 bridgehead atoms. The number of phenolic OH excluding ortho intramolecular Hbond substituents is 1. The molecule has 0 aliphatic carbocycles. The van der Waals surface area contributed by atoms with E-state index in [1.165, 1.54) is 19.2 Å². The average molecular weight is 207 g/mol. The van der Waals surface area contributed by atoms with Gasteiger partial charge < -0.3 is 15.2 Å². The van der Waals surface area contributed by atoms with Gasteiger partial charge in [-0.15, -0.1) is 0 Å². The van der Waals surface area contributed by atoms with E-state index >= 15 is 0 Å². The molecule has 0 atom stereocenters. The van der Waals surface area contributed by atoms with Gasteiger partial charge in [-0.05, 0) is 19.1 Å². The molecule has 4 nitrogen and oxygen atoms in total. The number of nitrogens with one attached hydrogen (secondary N) is 1. The first kappa shape index (κ1) is 11.1. The Hall–Kier alpha value is -1.97. The SMILES string of the molecule is C=C(C)C(=O)Nc1cc(O)ccc1OC. The number of hydrogen-bond acceptors (Lipinski definition) is 3. The maximum absolute atomic E-state index is 11.3. The largest absolute Gasteiger partial charge is 0.508 e. The van der Waals surface area contributed by atoms with Crippen molar-refractivity contribution in [1.29, 1.82) is 0 Å². The van der Waals surface area contributed by atoms with Gasteiger partial charge in [0.1, 0.15) is 11.5 Å². The first-order valence-electron chi connectivity index (χ1n) is 4.38. The van der Waals surface area contributed by atoms with E-state index in [0.717, 1.165) is 0 Å². The van der Waals surface area contributed by atoms with Crippen molar-refractivity contribution in [3.05, 3.63) is 30.4 Å². The molecule has 1 aromatic rings. The number of benzene rings is 1. The van der Waals surface area contributed by atoms with Crippen LogP contribution < -0.4 is 10.1 Å². The van der Waals surface area contributed by atoms with Crippen LogP contribution in [-0.4, -0.2) is 18.1 Å². The van der Waals surface area contributed by atoms with Crippen LogP contribution in [0, 0.1) is 0 Å². The summed E-state index contributed by atoms with van der Waals surface area (Å²) >= 11 is 0. The van der Waals surface area contributed by atoms with Gasteiger partial charge in [0.2, 0.25) is 0 Å². The summed E-state index contributed by atoms with van der Waals surface area (Å²) < 4.78 is 5.03. The summed E-state index contributed by atoms with van der Waals surface area (Å²) in [7, 11) is 1.49. The van der Waals surface area contributed by atoms with Gasteiger partial charge >= 0.3 is 0 Å². The average Bonchev–Trinajstić information content (AvgIpc) is 2.18. The molecule has 4 heteroatoms. The van der Waals surface area contributed by atoms with Crippen molar-refractivity contribution in [2.45, 2.75) is 6.92 Å². The van der Waals surface area contributed by atoms with Gasteiger partial charge in [0.15, 0.2) is 0 Å². The number of methoxy groups -OCH3 is 1. The lowest BCUT2D eigenvalue weighted by Gasteiger charge is -2.10. The summed E-state index contributed by atoms with van der Waals surface area (Å²) in [6, 6.07) is 4.47. The van der Waals surface area contributed by atoms with Crippen LogP contribution in [-0.2, 0) is 4.79 Å². The fourth-order valence-electron chi connectivity index (χ4n) is 1.02. The second kappa shape index (κ2) is 4.50. The number of phenols is 1. The summed E-state index contributed by atoms with van der Waals surface area (Å²) in [6.45, 7) is 5.12. The maximum atomic E-state index is 11.3. The zero-order chi connectivity index (χ0) is 11.4. The van der Waals surface area contributed by atoms with Gasteiger partial charge in [-0.25, -0.2) is 0 Å². The number of amides is 1. The van der Waals surface area contributed by atoms with Crippen molar-refractivity contribution >= 4 is 11.6 Å². The molecule has 0 aromatic heterocycles. The summed E-state index contributed by atoms with van der Waals surface area (Å²) in [4.78, 5) is 11.3. The van der Waals surface area contributed by atoms with E-state index in [-0.39, 0.29) is 11.7 Å². The lowest BCUT2D eigenvalue weighted by Crippen LogP contribution is -2.12. The molecule has 2 N–H and O–H groups in total. The van der Waals surface area contributed by atoms with E-state index < -0.39 is 0 Å². The highest BCUT2D eigenvalue weighted by atomic mass is 16.5. The molecular formula is C11H13NO3. The van der Waals surface area contributed by atoms with E-state index in [0.29, 0.717) is 17.0 Å². The number of ether oxygens (including phenoxy) is 1. The predicted octanol–water partition coefficient (Wildman–Crippen LogP) is 1.92. The molecule has 0 saturated carbocycles. The second-order valence-corrected chi connectivity index (χ2v) is 3.12. The molecule has 0 aliphatic heterocycles. The molecule has 0 spiro atoms. The molecule has 0 aliphatic rings. The van der Waals surface area contributed by atoms with E-state index in [1.54, 1.807) is 13.0 Å². The normalized spacial score (nSPS) is 9.47. The van der Waals surface area contributed by atoms with Crippen molar-refractivity contribution in [2.75, 3.05) is 12.4 Å². The lowest BCUT2D eigenvalue weighted by atomic mass is 10.2. The monoisotopic (exact) mass is 207 g/mol. The van der Waals surface area contributed by atoms with E-state index in [1.807, 2.05) is 0 Å². The van der Waals surface area contributed by atoms with Crippen molar-refractivity contribution in [1.82, 2.24) is 0 Å². The minimum absolute atomic E-state index is 0.0628. The molecule has 15 heavy (non-hydrogen) atoms. The van der Waals surface area contributed by atoms with E-state index in [9.17, 15) is 9.90 Å². The fraction of sp³-hybridized carbons (Fsp3) is 0.182. The number of aromatic hydroxyl groups is 1. The number of rotatable bonds is 3. The van der Waals surface area contributed by atoms with E-state index in [4.69, 9.17) is 4.74 Å². The minimum atomic E-state index is -0.307. The molecule has 1 rings (SSSR count). The zero-order valence-electron chi connectivity index (χ0n) is 8.70. The Morgan fingerprint density at radius 2 is 2.20 bits per heavy atom. The molecule has 0 saturated heterocycles. The number of anilines is 1. The van der Waals surface area contributed by atoms with Crippen molar-refractivity contribution in [2.24, 2.45) is 0 Å². The molecule has 0 unspecified atom stereocenters. The van der Waals surface area contributed by atoms with Crippen molar-refractivity contribution in [3.63, 3.8) is 0 Å². The summed E-state index contributed by atoms with van der Waals surface area (Å²) in [6.07, 6.45) is 0. The van der Waals surface area contributed by atoms with Crippen LogP contribution in [0.1, 0.15) is 6.92 Å². The Bertz CT molecular complexity index is 399. The van der Waals surface area contributed by atoms with Gasteiger partial charge in [-0.1, -0.05) is 6.58 Å². The Morgan fingerprint density at radius 1 is 1.53 bits per heavy atom. The van der Waals surface area contributed by atoms with Gasteiger partial charge in [-0.3, -0.25) is 4.79 Å². The van der Waals surface area contributed by atoms with Crippen LogP contribution in [0.15, 0.2) is 30.4 Å². The molecule has 0 heterocycles. The predicted molar refractivity (Wildman–Crippen MR) is 58.1 cm³/mol. The number of carbonyl (C=O) groups excluding carboxylic acids is 1. The Balaban J connectivity index is 2.97. The van der Waals surface area contributed by atoms with Crippen LogP contribution in [0.25, 0.3) is 0 Å². The Labute approximate surface area is 88.2 Å². The zero-order valence-corrected chi connectivity index (χ0v) is 8.70. The van der Waals surface area contributed by atoms with Gasteiger partial charge in [0.05, 0.1) is 12.8 Å². The smallest absolute Gasteiger partial charge is 0.250 e. The van der Waals surface area contributed by atoms with Crippen LogP contribution in [0.3, 0.4) is 0 Å². The van der Waals surface area contributed by atoms with Crippen LogP contribution in [0.5, 0.6) is 11.5 Å². The Morgan fingerprint density at radius 3 is 2.73 bits per heavy atom. The van der Waals surface area contributed by atoms with E-state index in [2.05, 4.69) is 11.9 Å². The highest BCUT2D eigenvalue weighted by Crippen LogP contribution is 2.28. The highest BCUT2D eigenvalue weighted by Gasteiger charge is 2.08. The minimum Gasteiger partial charge on any atom is -0.508 e. The number of carbonyl (C=O) groups is 1. The second-order valence-electron chi connectivity index (χ2n) is 3.12. The molecule has 1 amide bonds. The third-order valence-corrected chi connectivity index (χ3v) is 1.82. The fourth-order valence-corrected chi connectivity index (χ4v) is 1.02. The third kappa shape index (κ3) is 2.74. The molecule has 1 aromatic carbocycles. The van der Waals surface area contributed by atoms with Gasteiger partial charge in [0.25, 0.3) is 5.91 Å². The summed E-state index contributed by atoms with van der Waals surface area (Å²) in [5.41, 5.74) is 0.811.